The summed E-state index contributed by atoms with van der Waals surface area (Å²) >= 11 is 6.85. The Labute approximate surface area is 106 Å². The molecule has 0 aromatic rings. The van der Waals surface area contributed by atoms with Crippen molar-refractivity contribution >= 4 is 37.8 Å². The van der Waals surface area contributed by atoms with Gasteiger partial charge in [-0.05, 0) is 29.3 Å². The highest BCUT2D eigenvalue weighted by atomic mass is 79.9. The van der Waals surface area contributed by atoms with Gasteiger partial charge in [0.1, 0.15) is 10.2 Å². The Morgan fingerprint density at radius 2 is 2.27 bits per heavy atom. The van der Waals surface area contributed by atoms with Crippen LogP contribution in [0.15, 0.2) is 10.2 Å². The Hall–Kier alpha value is -0.0300. The van der Waals surface area contributed by atoms with Gasteiger partial charge < -0.3 is 9.47 Å². The van der Waals surface area contributed by atoms with E-state index in [0.29, 0.717) is 23.5 Å². The average Bonchev–Trinajstić information content (AvgIpc) is 2.60. The van der Waals surface area contributed by atoms with Crippen LogP contribution in [-0.4, -0.2) is 23.5 Å². The molecule has 86 valence electrons. The second kappa shape index (κ2) is 5.34. The van der Waals surface area contributed by atoms with Crippen LogP contribution >= 0.6 is 31.9 Å². The highest BCUT2D eigenvalue weighted by Crippen LogP contribution is 2.43. The molecule has 1 rings (SSSR count). The van der Waals surface area contributed by atoms with Crippen LogP contribution in [0.5, 0.6) is 0 Å². The molecule has 1 saturated heterocycles. The third-order valence-electron chi connectivity index (χ3n) is 2.37. The maximum absolute atomic E-state index is 11.5. The fourth-order valence-electron chi connectivity index (χ4n) is 1.44. The summed E-state index contributed by atoms with van der Waals surface area (Å²) in [5.41, 5.74) is 0. The van der Waals surface area contributed by atoms with E-state index >= 15 is 0 Å². The van der Waals surface area contributed by atoms with Crippen LogP contribution in [0, 0.1) is 0 Å². The zero-order valence-corrected chi connectivity index (χ0v) is 12.0. The molecule has 1 aliphatic heterocycles. The summed E-state index contributed by atoms with van der Waals surface area (Å²) in [5, 5.41) is 0. The summed E-state index contributed by atoms with van der Waals surface area (Å²) in [7, 11) is 0. The zero-order valence-electron chi connectivity index (χ0n) is 8.81. The van der Waals surface area contributed by atoms with Crippen molar-refractivity contribution in [2.75, 3.05) is 13.2 Å². The molecule has 0 spiro atoms. The second-order valence-electron chi connectivity index (χ2n) is 3.28. The highest BCUT2D eigenvalue weighted by Gasteiger charge is 2.40. The predicted octanol–water partition coefficient (Wildman–Crippen LogP) is 3.12. The minimum absolute atomic E-state index is 0.224. The minimum Gasteiger partial charge on any atom is -0.495 e. The third-order valence-corrected chi connectivity index (χ3v) is 4.37. The van der Waals surface area contributed by atoms with Gasteiger partial charge in [-0.2, -0.15) is 0 Å². The summed E-state index contributed by atoms with van der Waals surface area (Å²) in [6, 6.07) is 0. The largest absolute Gasteiger partial charge is 0.495 e. The van der Waals surface area contributed by atoms with Crippen LogP contribution in [0.1, 0.15) is 26.7 Å². The lowest BCUT2D eigenvalue weighted by atomic mass is 10.0. The molecular formula is C10H14Br2O3. The van der Waals surface area contributed by atoms with Crippen LogP contribution in [0.4, 0.5) is 0 Å². The van der Waals surface area contributed by atoms with E-state index in [4.69, 9.17) is 9.47 Å². The van der Waals surface area contributed by atoms with Gasteiger partial charge in [0.15, 0.2) is 0 Å². The van der Waals surface area contributed by atoms with Crippen molar-refractivity contribution in [3.05, 3.63) is 10.2 Å². The first-order valence-corrected chi connectivity index (χ1v) is 6.53. The molecule has 0 bridgehead atoms. The number of esters is 1. The van der Waals surface area contributed by atoms with Gasteiger partial charge in [-0.15, -0.1) is 0 Å². The number of ether oxygens (including phenoxy) is 2. The van der Waals surface area contributed by atoms with Crippen LogP contribution in [0.25, 0.3) is 0 Å². The van der Waals surface area contributed by atoms with Crippen LogP contribution in [-0.2, 0) is 14.3 Å². The molecule has 1 unspecified atom stereocenters. The highest BCUT2D eigenvalue weighted by molar-refractivity contribution is 9.12. The number of hydrogen-bond donors (Lipinski definition) is 0. The lowest BCUT2D eigenvalue weighted by molar-refractivity contribution is -0.137. The smallest absolute Gasteiger partial charge is 0.348 e. The summed E-state index contributed by atoms with van der Waals surface area (Å²) in [5.74, 6) is 0.287. The van der Waals surface area contributed by atoms with Gasteiger partial charge >= 0.3 is 5.97 Å². The van der Waals surface area contributed by atoms with E-state index in [1.165, 1.54) is 0 Å². The van der Waals surface area contributed by atoms with Gasteiger partial charge in [-0.25, -0.2) is 4.79 Å². The fourth-order valence-corrected chi connectivity index (χ4v) is 2.79. The van der Waals surface area contributed by atoms with Crippen molar-refractivity contribution in [3.8, 4) is 0 Å². The zero-order chi connectivity index (χ0) is 11.5. The minimum atomic E-state index is -0.369. The van der Waals surface area contributed by atoms with Crippen molar-refractivity contribution in [2.24, 2.45) is 0 Å². The first-order chi connectivity index (χ1) is 7.05. The number of carbonyl (C=O) groups excluding carboxylic acids is 1. The maximum atomic E-state index is 11.5. The monoisotopic (exact) mass is 340 g/mol. The first kappa shape index (κ1) is 13.0. The molecule has 0 aliphatic carbocycles. The molecule has 3 nitrogen and oxygen atoms in total. The topological polar surface area (TPSA) is 35.5 Å². The van der Waals surface area contributed by atoms with Crippen molar-refractivity contribution < 1.29 is 14.3 Å². The van der Waals surface area contributed by atoms with E-state index in [0.717, 1.165) is 12.8 Å². The van der Waals surface area contributed by atoms with E-state index in [-0.39, 0.29) is 10.3 Å². The predicted molar refractivity (Wildman–Crippen MR) is 65.1 cm³/mol. The molecular weight excluding hydrogens is 328 g/mol. The van der Waals surface area contributed by atoms with Crippen LogP contribution < -0.4 is 0 Å². The van der Waals surface area contributed by atoms with E-state index in [1.54, 1.807) is 6.92 Å². The van der Waals surface area contributed by atoms with E-state index in [1.807, 2.05) is 0 Å². The van der Waals surface area contributed by atoms with Crippen molar-refractivity contribution in [1.82, 2.24) is 0 Å². The average molecular weight is 342 g/mol. The van der Waals surface area contributed by atoms with E-state index in [2.05, 4.69) is 38.8 Å². The number of carbonyl (C=O) groups is 1. The summed E-state index contributed by atoms with van der Waals surface area (Å²) in [6.45, 7) is 4.82. The van der Waals surface area contributed by atoms with Gasteiger partial charge in [0.2, 0.25) is 0 Å². The summed E-state index contributed by atoms with van der Waals surface area (Å²) in [6.07, 6.45) is 1.74. The Kier molecular flexibility index (Phi) is 4.64. The molecule has 5 heteroatoms. The SMILES string of the molecule is CCOC(=O)/C(Br)=C1\OCCC1(Br)CC. The molecule has 0 radical (unpaired) electrons. The second-order valence-corrected chi connectivity index (χ2v) is 5.59. The Balaban J connectivity index is 2.92. The van der Waals surface area contributed by atoms with E-state index < -0.39 is 0 Å². The lowest BCUT2D eigenvalue weighted by Crippen LogP contribution is -2.20. The third kappa shape index (κ3) is 2.75. The molecule has 1 heterocycles. The molecule has 0 N–H and O–H groups in total. The van der Waals surface area contributed by atoms with Crippen LogP contribution in [0.2, 0.25) is 0 Å². The maximum Gasteiger partial charge on any atom is 0.348 e. The first-order valence-electron chi connectivity index (χ1n) is 4.94. The number of allylic oxidation sites excluding steroid dienone is 1. The van der Waals surface area contributed by atoms with Gasteiger partial charge in [0, 0.05) is 6.42 Å². The van der Waals surface area contributed by atoms with Crippen molar-refractivity contribution in [3.63, 3.8) is 0 Å². The van der Waals surface area contributed by atoms with Gasteiger partial charge in [0.05, 0.1) is 17.5 Å². The van der Waals surface area contributed by atoms with Crippen molar-refractivity contribution in [2.45, 2.75) is 31.0 Å². The molecule has 0 amide bonds. The summed E-state index contributed by atoms with van der Waals surface area (Å²) < 4.78 is 10.5. The quantitative estimate of drug-likeness (QED) is 0.449. The number of rotatable bonds is 3. The normalized spacial score (nSPS) is 28.5. The number of hydrogen-bond acceptors (Lipinski definition) is 3. The lowest BCUT2D eigenvalue weighted by Gasteiger charge is -2.19. The van der Waals surface area contributed by atoms with E-state index in [9.17, 15) is 4.79 Å². The van der Waals surface area contributed by atoms with Gasteiger partial charge in [0.25, 0.3) is 0 Å². The Morgan fingerprint density at radius 3 is 2.80 bits per heavy atom. The van der Waals surface area contributed by atoms with Crippen molar-refractivity contribution in [1.29, 1.82) is 0 Å². The molecule has 1 atom stereocenters. The van der Waals surface area contributed by atoms with Gasteiger partial charge in [-0.1, -0.05) is 22.9 Å². The molecule has 1 fully saturated rings. The molecule has 0 saturated carbocycles. The van der Waals surface area contributed by atoms with Gasteiger partial charge in [-0.3, -0.25) is 0 Å². The Bertz CT molecular complexity index is 288. The number of alkyl halides is 1. The summed E-state index contributed by atoms with van der Waals surface area (Å²) in [4.78, 5) is 11.5. The fraction of sp³-hybridized carbons (Fsp3) is 0.700. The van der Waals surface area contributed by atoms with Crippen LogP contribution in [0.3, 0.4) is 0 Å². The molecule has 15 heavy (non-hydrogen) atoms. The molecule has 1 aliphatic rings. The Morgan fingerprint density at radius 1 is 1.60 bits per heavy atom. The molecule has 0 aromatic heterocycles. The standard InChI is InChI=1S/C10H14Br2O3/c1-3-10(12)5-6-15-8(10)7(11)9(13)14-4-2/h3-6H2,1-2H3/b8-7+. The number of halogens is 2. The molecule has 0 aromatic carbocycles.